The fourth-order valence-electron chi connectivity index (χ4n) is 0. The molecule has 82 valence electrons. The Labute approximate surface area is 90.7 Å². The van der Waals surface area contributed by atoms with Crippen LogP contribution in [0.1, 0.15) is 0 Å². The quantitative estimate of drug-likeness (QED) is 0.293. The van der Waals surface area contributed by atoms with E-state index in [2.05, 4.69) is 0 Å². The van der Waals surface area contributed by atoms with Crippen molar-refractivity contribution >= 4 is 38.6 Å². The van der Waals surface area contributed by atoms with Crippen molar-refractivity contribution in [2.75, 3.05) is 0 Å². The number of hydrogen-bond acceptors (Lipinski definition) is 4. The second-order valence-electron chi connectivity index (χ2n) is 0.600. The zero-order valence-corrected chi connectivity index (χ0v) is 6.29. The van der Waals surface area contributed by atoms with Crippen LogP contribution in [-0.4, -0.2) is 90.6 Å². The molecule has 0 saturated carbocycles. The van der Waals surface area contributed by atoms with E-state index in [-0.39, 0.29) is 62.4 Å². The van der Waals surface area contributed by atoms with Crippen molar-refractivity contribution in [3.05, 3.63) is 0 Å². The van der Waals surface area contributed by atoms with Gasteiger partial charge in [-0.25, -0.2) is 0 Å². The molecule has 16 N–H and O–H groups in total. The van der Waals surface area contributed by atoms with Crippen LogP contribution in [0.2, 0.25) is 0 Å². The Morgan fingerprint density at radius 1 is 0.500 bits per heavy atom. The molecular formula is H17NaO10Si. The van der Waals surface area contributed by atoms with E-state index in [1.807, 2.05) is 0 Å². The van der Waals surface area contributed by atoms with Crippen molar-refractivity contribution in [1.82, 2.24) is 0 Å². The molecule has 0 atom stereocenters. The molecule has 0 aromatic carbocycles. The van der Waals surface area contributed by atoms with Gasteiger partial charge in [-0.05, 0) is 0 Å². The molecule has 0 fully saturated rings. The Balaban J connectivity index is -0.00000000381. The third-order valence-electron chi connectivity index (χ3n) is 0. The molecule has 0 bridgehead atoms. The Bertz CT molecular complexity index is 25.3. The van der Waals surface area contributed by atoms with Gasteiger partial charge in [-0.1, -0.05) is 0 Å². The standard InChI is InChI=1S/Na.H4O4Si.6H2O.H/c;1-5(2,3)4;;;;;;;/h;1-4H;6*1H2;. The van der Waals surface area contributed by atoms with Crippen LogP contribution in [0.15, 0.2) is 0 Å². The number of hydrogen-bond donors (Lipinski definition) is 4. The van der Waals surface area contributed by atoms with E-state index in [1.165, 1.54) is 0 Å². The molecule has 12 heteroatoms. The van der Waals surface area contributed by atoms with Gasteiger partial charge >= 0.3 is 38.6 Å². The predicted octanol–water partition coefficient (Wildman–Crippen LogP) is -8.21. The second kappa shape index (κ2) is 29.8. The van der Waals surface area contributed by atoms with Crippen LogP contribution in [-0.2, 0) is 0 Å². The number of rotatable bonds is 0. The van der Waals surface area contributed by atoms with Crippen molar-refractivity contribution in [3.8, 4) is 0 Å². The Morgan fingerprint density at radius 2 is 0.500 bits per heavy atom. The minimum absolute atomic E-state index is 0. The summed E-state index contributed by atoms with van der Waals surface area (Å²) in [5, 5.41) is 0. The first kappa shape index (κ1) is 77.1. The van der Waals surface area contributed by atoms with Gasteiger partial charge in [0.1, 0.15) is 0 Å². The third-order valence-corrected chi connectivity index (χ3v) is 0. The summed E-state index contributed by atoms with van der Waals surface area (Å²) in [6.45, 7) is 0. The molecule has 0 aromatic heterocycles. The maximum atomic E-state index is 7.33. The van der Waals surface area contributed by atoms with Crippen LogP contribution in [0.3, 0.4) is 0 Å². The normalized spacial score (nSPS) is 5.00. The van der Waals surface area contributed by atoms with E-state index in [0.29, 0.717) is 0 Å². The SMILES string of the molecule is O.O.O.O.O.O.O[Si](O)(O)O.[NaH]. The van der Waals surface area contributed by atoms with E-state index in [4.69, 9.17) is 19.2 Å². The zero-order valence-electron chi connectivity index (χ0n) is 5.29. The summed E-state index contributed by atoms with van der Waals surface area (Å²) in [5.74, 6) is 0. The summed E-state index contributed by atoms with van der Waals surface area (Å²) in [7, 11) is -4.61. The average Bonchev–Trinajstić information content (AvgIpc) is 0.722. The van der Waals surface area contributed by atoms with Crippen LogP contribution >= 0.6 is 0 Å². The molecule has 0 amide bonds. The van der Waals surface area contributed by atoms with Crippen LogP contribution in [0.5, 0.6) is 0 Å². The first-order chi connectivity index (χ1) is 2.00. The second-order valence-corrected chi connectivity index (χ2v) is 1.80. The van der Waals surface area contributed by atoms with E-state index in [1.54, 1.807) is 0 Å². The molecule has 0 aliphatic heterocycles. The van der Waals surface area contributed by atoms with Crippen molar-refractivity contribution < 1.29 is 52.0 Å². The maximum absolute atomic E-state index is 7.33. The monoisotopic (exact) mass is 228 g/mol. The Kier molecular flexibility index (Phi) is 191. The molecule has 0 aliphatic rings. The molecular weight excluding hydrogens is 211 g/mol. The topological polar surface area (TPSA) is 270 Å². The fourth-order valence-corrected chi connectivity index (χ4v) is 0. The van der Waals surface area contributed by atoms with Crippen molar-refractivity contribution in [1.29, 1.82) is 0 Å². The molecule has 10 nitrogen and oxygen atoms in total. The molecule has 0 saturated heterocycles. The molecule has 0 aromatic rings. The molecule has 12 heavy (non-hydrogen) atoms. The summed E-state index contributed by atoms with van der Waals surface area (Å²) >= 11 is 0. The van der Waals surface area contributed by atoms with Crippen LogP contribution in [0.25, 0.3) is 0 Å². The van der Waals surface area contributed by atoms with E-state index >= 15 is 0 Å². The van der Waals surface area contributed by atoms with Gasteiger partial charge in [0.2, 0.25) is 0 Å². The summed E-state index contributed by atoms with van der Waals surface area (Å²) in [6, 6.07) is 0. The Hall–Kier alpha value is 0.817. The summed E-state index contributed by atoms with van der Waals surface area (Å²) in [5.41, 5.74) is 0. The van der Waals surface area contributed by atoms with E-state index in [9.17, 15) is 0 Å². The third kappa shape index (κ3) is 1560. The fraction of sp³-hybridized carbons (Fsp3) is 0. The summed E-state index contributed by atoms with van der Waals surface area (Å²) < 4.78 is 0. The van der Waals surface area contributed by atoms with E-state index in [0.717, 1.165) is 0 Å². The molecule has 0 spiro atoms. The average molecular weight is 228 g/mol. The van der Waals surface area contributed by atoms with Crippen LogP contribution in [0, 0.1) is 0 Å². The van der Waals surface area contributed by atoms with Gasteiger partial charge < -0.3 is 52.0 Å². The molecule has 0 aliphatic carbocycles. The first-order valence-corrected chi connectivity index (χ1v) is 2.68. The van der Waals surface area contributed by atoms with Gasteiger partial charge in [-0.2, -0.15) is 0 Å². The zero-order chi connectivity index (χ0) is 4.50. The minimum atomic E-state index is -4.61. The van der Waals surface area contributed by atoms with Crippen molar-refractivity contribution in [3.63, 3.8) is 0 Å². The van der Waals surface area contributed by atoms with Gasteiger partial charge in [0.25, 0.3) is 0 Å². The van der Waals surface area contributed by atoms with Gasteiger partial charge in [-0.3, -0.25) is 0 Å². The first-order valence-electron chi connectivity index (χ1n) is 0.894. The molecule has 0 rings (SSSR count). The van der Waals surface area contributed by atoms with Crippen LogP contribution < -0.4 is 0 Å². The van der Waals surface area contributed by atoms with E-state index < -0.39 is 9.05 Å². The molecule has 0 radical (unpaired) electrons. The molecule has 0 heterocycles. The van der Waals surface area contributed by atoms with Crippen LogP contribution in [0.4, 0.5) is 0 Å². The van der Waals surface area contributed by atoms with Gasteiger partial charge in [0.15, 0.2) is 0 Å². The predicted molar refractivity (Wildman–Crippen MR) is 43.5 cm³/mol. The molecule has 0 unspecified atom stereocenters. The van der Waals surface area contributed by atoms with Gasteiger partial charge in [-0.15, -0.1) is 0 Å². The van der Waals surface area contributed by atoms with Crippen molar-refractivity contribution in [2.45, 2.75) is 0 Å². The summed E-state index contributed by atoms with van der Waals surface area (Å²) in [4.78, 5) is 29.3. The van der Waals surface area contributed by atoms with Crippen molar-refractivity contribution in [2.24, 2.45) is 0 Å². The van der Waals surface area contributed by atoms with Gasteiger partial charge in [0, 0.05) is 0 Å². The summed E-state index contributed by atoms with van der Waals surface area (Å²) in [6.07, 6.45) is 0. The Morgan fingerprint density at radius 3 is 0.500 bits per heavy atom. The van der Waals surface area contributed by atoms with Gasteiger partial charge in [0.05, 0.1) is 0 Å².